The molecule has 1 amide bonds. The van der Waals surface area contributed by atoms with E-state index in [9.17, 15) is 14.9 Å². The lowest BCUT2D eigenvalue weighted by Crippen LogP contribution is -2.48. The zero-order valence-corrected chi connectivity index (χ0v) is 15.6. The minimum atomic E-state index is -0.402. The summed E-state index contributed by atoms with van der Waals surface area (Å²) in [6.07, 6.45) is 1.64. The molecule has 1 fully saturated rings. The van der Waals surface area contributed by atoms with E-state index in [2.05, 4.69) is 36.0 Å². The van der Waals surface area contributed by atoms with Crippen molar-refractivity contribution in [3.8, 4) is 0 Å². The molecule has 1 aromatic heterocycles. The van der Waals surface area contributed by atoms with Gasteiger partial charge in [-0.1, -0.05) is 0 Å². The van der Waals surface area contributed by atoms with E-state index in [0.29, 0.717) is 12.4 Å². The van der Waals surface area contributed by atoms with Crippen molar-refractivity contribution >= 4 is 39.0 Å². The normalized spacial score (nSPS) is 14.9. The standard InChI is InChI=1S/C17H18BrN5O3/c18-13-1-6-16(19-11-13)20-17(24)12-21-7-9-22(10-8-21)14-2-4-15(5-3-14)23(25)26/h1-6,11H,7-10,12H2,(H,19,20,24). The molecule has 1 N–H and O–H groups in total. The van der Waals surface area contributed by atoms with Crippen molar-refractivity contribution in [3.05, 3.63) is 57.2 Å². The van der Waals surface area contributed by atoms with E-state index in [1.807, 2.05) is 6.07 Å². The fourth-order valence-corrected chi connectivity index (χ4v) is 3.02. The molecule has 0 atom stereocenters. The molecule has 1 aliphatic heterocycles. The number of non-ortho nitro benzene ring substituents is 1. The Labute approximate surface area is 159 Å². The highest BCUT2D eigenvalue weighted by Gasteiger charge is 2.20. The Kier molecular flexibility index (Phi) is 5.79. The van der Waals surface area contributed by atoms with Crippen molar-refractivity contribution in [2.75, 3.05) is 42.9 Å². The van der Waals surface area contributed by atoms with Gasteiger partial charge < -0.3 is 10.2 Å². The second-order valence-electron chi connectivity index (χ2n) is 5.95. The maximum absolute atomic E-state index is 12.1. The predicted octanol–water partition coefficient (Wildman–Crippen LogP) is 2.51. The third-order valence-corrected chi connectivity index (χ3v) is 4.63. The van der Waals surface area contributed by atoms with E-state index < -0.39 is 4.92 Å². The maximum Gasteiger partial charge on any atom is 0.269 e. The number of halogens is 1. The van der Waals surface area contributed by atoms with E-state index in [4.69, 9.17) is 0 Å². The van der Waals surface area contributed by atoms with Crippen LogP contribution in [0.2, 0.25) is 0 Å². The van der Waals surface area contributed by atoms with Crippen LogP contribution in [-0.4, -0.2) is 53.4 Å². The molecule has 2 heterocycles. The quantitative estimate of drug-likeness (QED) is 0.591. The lowest BCUT2D eigenvalue weighted by molar-refractivity contribution is -0.384. The second-order valence-corrected chi connectivity index (χ2v) is 6.86. The van der Waals surface area contributed by atoms with Gasteiger partial charge in [-0.05, 0) is 40.2 Å². The fraction of sp³-hybridized carbons (Fsp3) is 0.294. The monoisotopic (exact) mass is 419 g/mol. The number of benzene rings is 1. The Morgan fingerprint density at radius 3 is 2.42 bits per heavy atom. The molecule has 0 bridgehead atoms. The first-order valence-corrected chi connectivity index (χ1v) is 8.94. The number of anilines is 2. The zero-order chi connectivity index (χ0) is 18.5. The third kappa shape index (κ3) is 4.77. The molecule has 1 saturated heterocycles. The Morgan fingerprint density at radius 1 is 1.15 bits per heavy atom. The van der Waals surface area contributed by atoms with E-state index in [1.165, 1.54) is 12.1 Å². The highest BCUT2D eigenvalue weighted by Crippen LogP contribution is 2.20. The smallest absolute Gasteiger partial charge is 0.269 e. The summed E-state index contributed by atoms with van der Waals surface area (Å²) in [5, 5.41) is 13.5. The minimum absolute atomic E-state index is 0.0885. The van der Waals surface area contributed by atoms with Gasteiger partial charge in [0.2, 0.25) is 5.91 Å². The summed E-state index contributed by atoms with van der Waals surface area (Å²) in [7, 11) is 0. The highest BCUT2D eigenvalue weighted by molar-refractivity contribution is 9.10. The molecule has 0 radical (unpaired) electrons. The number of hydrogen-bond donors (Lipinski definition) is 1. The van der Waals surface area contributed by atoms with Crippen LogP contribution in [0.5, 0.6) is 0 Å². The molecule has 136 valence electrons. The molecule has 0 unspecified atom stereocenters. The number of pyridine rings is 1. The summed E-state index contributed by atoms with van der Waals surface area (Å²) < 4.78 is 0.859. The first-order chi connectivity index (χ1) is 12.5. The Balaban J connectivity index is 1.48. The van der Waals surface area contributed by atoms with Crippen LogP contribution >= 0.6 is 15.9 Å². The first-order valence-electron chi connectivity index (χ1n) is 8.14. The van der Waals surface area contributed by atoms with Gasteiger partial charge in [0.25, 0.3) is 5.69 Å². The molecule has 26 heavy (non-hydrogen) atoms. The number of aromatic nitrogens is 1. The molecule has 8 nitrogen and oxygen atoms in total. The summed E-state index contributed by atoms with van der Waals surface area (Å²) in [6, 6.07) is 10.1. The molecule has 2 aromatic rings. The van der Waals surface area contributed by atoms with Crippen LogP contribution in [0, 0.1) is 10.1 Å². The summed E-state index contributed by atoms with van der Waals surface area (Å²) in [4.78, 5) is 30.8. The number of rotatable bonds is 5. The van der Waals surface area contributed by atoms with Gasteiger partial charge >= 0.3 is 0 Å². The predicted molar refractivity (Wildman–Crippen MR) is 102 cm³/mol. The van der Waals surface area contributed by atoms with Crippen LogP contribution in [-0.2, 0) is 4.79 Å². The number of nitro groups is 1. The largest absolute Gasteiger partial charge is 0.369 e. The number of carbonyl (C=O) groups is 1. The topological polar surface area (TPSA) is 91.6 Å². The number of carbonyl (C=O) groups excluding carboxylic acids is 1. The Morgan fingerprint density at radius 2 is 1.85 bits per heavy atom. The second kappa shape index (κ2) is 8.24. The average Bonchev–Trinajstić information content (AvgIpc) is 2.64. The average molecular weight is 420 g/mol. The fourth-order valence-electron chi connectivity index (χ4n) is 2.78. The summed E-state index contributed by atoms with van der Waals surface area (Å²) >= 11 is 3.31. The molecule has 0 saturated carbocycles. The van der Waals surface area contributed by atoms with Crippen molar-refractivity contribution in [1.29, 1.82) is 0 Å². The lowest BCUT2D eigenvalue weighted by Gasteiger charge is -2.35. The van der Waals surface area contributed by atoms with E-state index >= 15 is 0 Å². The van der Waals surface area contributed by atoms with Crippen molar-refractivity contribution in [3.63, 3.8) is 0 Å². The third-order valence-electron chi connectivity index (χ3n) is 4.16. The molecule has 9 heteroatoms. The van der Waals surface area contributed by atoms with Crippen LogP contribution in [0.1, 0.15) is 0 Å². The summed E-state index contributed by atoms with van der Waals surface area (Å²) in [6.45, 7) is 3.34. The van der Waals surface area contributed by atoms with Gasteiger partial charge in [-0.25, -0.2) is 4.98 Å². The van der Waals surface area contributed by atoms with Gasteiger partial charge in [-0.15, -0.1) is 0 Å². The first kappa shape index (κ1) is 18.3. The van der Waals surface area contributed by atoms with Crippen molar-refractivity contribution in [2.24, 2.45) is 0 Å². The number of nitro benzene ring substituents is 1. The number of piperazine rings is 1. The summed E-state index contributed by atoms with van der Waals surface area (Å²) in [5.41, 5.74) is 1.05. The molecular formula is C17H18BrN5O3. The molecule has 3 rings (SSSR count). The van der Waals surface area contributed by atoms with Crippen molar-refractivity contribution in [1.82, 2.24) is 9.88 Å². The molecule has 0 spiro atoms. The van der Waals surface area contributed by atoms with Crippen LogP contribution in [0.3, 0.4) is 0 Å². The van der Waals surface area contributed by atoms with E-state index in [0.717, 1.165) is 36.3 Å². The SMILES string of the molecule is O=C(CN1CCN(c2ccc([N+](=O)[O-])cc2)CC1)Nc1ccc(Br)cn1. The number of nitrogens with zero attached hydrogens (tertiary/aromatic N) is 4. The number of amides is 1. The van der Waals surface area contributed by atoms with Gasteiger partial charge in [0.05, 0.1) is 11.5 Å². The van der Waals surface area contributed by atoms with E-state index in [-0.39, 0.29) is 11.6 Å². The van der Waals surface area contributed by atoms with Crippen LogP contribution in [0.15, 0.2) is 47.1 Å². The van der Waals surface area contributed by atoms with Gasteiger partial charge in [0, 0.05) is 54.7 Å². The Hall–Kier alpha value is -2.52. The van der Waals surface area contributed by atoms with Crippen molar-refractivity contribution < 1.29 is 9.72 Å². The van der Waals surface area contributed by atoms with Gasteiger partial charge in [-0.3, -0.25) is 19.8 Å². The highest BCUT2D eigenvalue weighted by atomic mass is 79.9. The summed E-state index contributed by atoms with van der Waals surface area (Å²) in [5.74, 6) is 0.436. The minimum Gasteiger partial charge on any atom is -0.369 e. The van der Waals surface area contributed by atoms with Crippen LogP contribution in [0.4, 0.5) is 17.2 Å². The van der Waals surface area contributed by atoms with E-state index in [1.54, 1.807) is 24.4 Å². The van der Waals surface area contributed by atoms with Gasteiger partial charge in [0.1, 0.15) is 5.82 Å². The zero-order valence-electron chi connectivity index (χ0n) is 14.0. The molecular weight excluding hydrogens is 402 g/mol. The van der Waals surface area contributed by atoms with Crippen LogP contribution in [0.25, 0.3) is 0 Å². The number of hydrogen-bond acceptors (Lipinski definition) is 6. The number of nitrogens with one attached hydrogen (secondary N) is 1. The lowest BCUT2D eigenvalue weighted by atomic mass is 10.2. The maximum atomic E-state index is 12.1. The van der Waals surface area contributed by atoms with Gasteiger partial charge in [0.15, 0.2) is 0 Å². The van der Waals surface area contributed by atoms with Crippen molar-refractivity contribution in [2.45, 2.75) is 0 Å². The van der Waals surface area contributed by atoms with Crippen LogP contribution < -0.4 is 10.2 Å². The molecule has 1 aromatic carbocycles. The molecule has 0 aliphatic carbocycles. The Bertz CT molecular complexity index is 774. The molecule has 1 aliphatic rings. The van der Waals surface area contributed by atoms with Gasteiger partial charge in [-0.2, -0.15) is 0 Å².